The first kappa shape index (κ1) is 17.2. The van der Waals surface area contributed by atoms with Gasteiger partial charge in [0.2, 0.25) is 0 Å². The van der Waals surface area contributed by atoms with Crippen molar-refractivity contribution in [3.63, 3.8) is 0 Å². The molecule has 0 heterocycles. The van der Waals surface area contributed by atoms with Gasteiger partial charge in [-0.1, -0.05) is 6.07 Å². The molecule has 0 amide bonds. The Morgan fingerprint density at radius 1 is 1.19 bits per heavy atom. The molecule has 0 aliphatic rings. The lowest BCUT2D eigenvalue weighted by molar-refractivity contribution is -0.144. The van der Waals surface area contributed by atoms with Crippen molar-refractivity contribution in [3.05, 3.63) is 24.3 Å². The number of ketones is 1. The van der Waals surface area contributed by atoms with E-state index in [0.29, 0.717) is 5.75 Å². The Kier molecular flexibility index (Phi) is 6.36. The van der Waals surface area contributed by atoms with E-state index in [9.17, 15) is 18.0 Å². The van der Waals surface area contributed by atoms with Gasteiger partial charge in [0, 0.05) is 6.42 Å². The van der Waals surface area contributed by atoms with Crippen molar-refractivity contribution in [3.8, 4) is 5.75 Å². The van der Waals surface area contributed by atoms with Crippen molar-refractivity contribution in [1.82, 2.24) is 0 Å². The number of esters is 1. The van der Waals surface area contributed by atoms with Crippen LogP contribution in [0.3, 0.4) is 0 Å². The quantitative estimate of drug-likeness (QED) is 0.674. The van der Waals surface area contributed by atoms with Gasteiger partial charge in [-0.3, -0.25) is 9.59 Å². The molecule has 116 valence electrons. The fraction of sp³-hybridized carbons (Fsp3) is 0.429. The number of methoxy groups -OCH3 is 1. The van der Waals surface area contributed by atoms with Crippen molar-refractivity contribution < 1.29 is 27.5 Å². The Labute approximate surface area is 124 Å². The molecular weight excluding hydrogens is 296 g/mol. The fourth-order valence-corrected chi connectivity index (χ4v) is 2.95. The summed E-state index contributed by atoms with van der Waals surface area (Å²) in [7, 11) is -2.31. The highest BCUT2D eigenvalue weighted by molar-refractivity contribution is 7.92. The maximum absolute atomic E-state index is 12.1. The van der Waals surface area contributed by atoms with Crippen LogP contribution in [0.4, 0.5) is 0 Å². The molecule has 0 unspecified atom stereocenters. The summed E-state index contributed by atoms with van der Waals surface area (Å²) in [5, 5.41) is 0. The van der Waals surface area contributed by atoms with E-state index in [1.54, 1.807) is 13.0 Å². The Morgan fingerprint density at radius 3 is 2.52 bits per heavy atom. The Balaban J connectivity index is 2.67. The predicted molar refractivity (Wildman–Crippen MR) is 75.9 cm³/mol. The normalized spacial score (nSPS) is 11.0. The molecule has 0 saturated carbocycles. The predicted octanol–water partition coefficient (Wildman–Crippen LogP) is 1.38. The van der Waals surface area contributed by atoms with Gasteiger partial charge in [-0.05, 0) is 25.1 Å². The molecule has 0 aliphatic carbocycles. The van der Waals surface area contributed by atoms with Crippen LogP contribution in [0.1, 0.15) is 19.8 Å². The third-order valence-electron chi connectivity index (χ3n) is 2.66. The van der Waals surface area contributed by atoms with Crippen molar-refractivity contribution in [1.29, 1.82) is 0 Å². The smallest absolute Gasteiger partial charge is 0.306 e. The number of benzene rings is 1. The van der Waals surface area contributed by atoms with Crippen molar-refractivity contribution in [2.75, 3.05) is 19.5 Å². The molecule has 0 aromatic heterocycles. The Hall–Kier alpha value is -1.89. The summed E-state index contributed by atoms with van der Waals surface area (Å²) >= 11 is 0. The van der Waals surface area contributed by atoms with Crippen molar-refractivity contribution in [2.45, 2.75) is 24.7 Å². The summed E-state index contributed by atoms with van der Waals surface area (Å²) in [6.45, 7) is 1.89. The van der Waals surface area contributed by atoms with E-state index in [1.807, 2.05) is 0 Å². The van der Waals surface area contributed by atoms with Gasteiger partial charge >= 0.3 is 5.97 Å². The highest BCUT2D eigenvalue weighted by atomic mass is 32.2. The van der Waals surface area contributed by atoms with E-state index in [1.165, 1.54) is 25.3 Å². The number of hydrogen-bond acceptors (Lipinski definition) is 6. The van der Waals surface area contributed by atoms with Crippen LogP contribution in [0.15, 0.2) is 29.2 Å². The minimum absolute atomic E-state index is 0.0198. The zero-order valence-corrected chi connectivity index (χ0v) is 12.8. The molecule has 0 spiro atoms. The summed E-state index contributed by atoms with van der Waals surface area (Å²) in [6, 6.07) is 5.90. The van der Waals surface area contributed by atoms with Crippen LogP contribution in [-0.2, 0) is 24.2 Å². The first-order chi connectivity index (χ1) is 9.89. The molecule has 0 aliphatic heterocycles. The average Bonchev–Trinajstić information content (AvgIpc) is 2.45. The first-order valence-corrected chi connectivity index (χ1v) is 8.08. The maximum atomic E-state index is 12.1. The largest absolute Gasteiger partial charge is 0.497 e. The Bertz CT molecular complexity index is 606. The molecule has 0 saturated heterocycles. The number of hydrogen-bond donors (Lipinski definition) is 0. The van der Waals surface area contributed by atoms with E-state index >= 15 is 0 Å². The number of carbonyl (C=O) groups excluding carboxylic acids is 2. The van der Waals surface area contributed by atoms with Gasteiger partial charge in [0.15, 0.2) is 9.84 Å². The number of ether oxygens (including phenoxy) is 2. The maximum Gasteiger partial charge on any atom is 0.306 e. The summed E-state index contributed by atoms with van der Waals surface area (Å²) in [6.07, 6.45) is -0.262. The summed E-state index contributed by atoms with van der Waals surface area (Å²) in [5.74, 6) is -1.27. The Morgan fingerprint density at radius 2 is 1.90 bits per heavy atom. The lowest BCUT2D eigenvalue weighted by Gasteiger charge is -2.06. The SMILES string of the molecule is CCOC(=O)CCC(=O)CS(=O)(=O)c1cccc(OC)c1. The van der Waals surface area contributed by atoms with Gasteiger partial charge in [-0.25, -0.2) is 8.42 Å². The molecule has 0 fully saturated rings. The van der Waals surface area contributed by atoms with Gasteiger partial charge < -0.3 is 9.47 Å². The van der Waals surface area contributed by atoms with E-state index < -0.39 is 27.3 Å². The molecule has 0 N–H and O–H groups in total. The third-order valence-corrected chi connectivity index (χ3v) is 4.34. The topological polar surface area (TPSA) is 86.7 Å². The van der Waals surface area contributed by atoms with Gasteiger partial charge in [0.1, 0.15) is 17.3 Å². The minimum Gasteiger partial charge on any atom is -0.497 e. The average molecular weight is 314 g/mol. The minimum atomic E-state index is -3.73. The van der Waals surface area contributed by atoms with Gasteiger partial charge in [-0.15, -0.1) is 0 Å². The van der Waals surface area contributed by atoms with E-state index in [0.717, 1.165) is 0 Å². The van der Waals surface area contributed by atoms with Crippen LogP contribution in [0.5, 0.6) is 5.75 Å². The van der Waals surface area contributed by atoms with Gasteiger partial charge in [-0.2, -0.15) is 0 Å². The third kappa shape index (κ3) is 5.55. The van der Waals surface area contributed by atoms with Gasteiger partial charge in [0.05, 0.1) is 25.0 Å². The summed E-state index contributed by atoms with van der Waals surface area (Å²) in [4.78, 5) is 22.8. The zero-order valence-electron chi connectivity index (χ0n) is 12.0. The lowest BCUT2D eigenvalue weighted by Crippen LogP contribution is -2.17. The molecule has 7 heteroatoms. The molecule has 21 heavy (non-hydrogen) atoms. The van der Waals surface area contributed by atoms with E-state index in [-0.39, 0.29) is 24.3 Å². The highest BCUT2D eigenvalue weighted by Crippen LogP contribution is 2.18. The van der Waals surface area contributed by atoms with Gasteiger partial charge in [0.25, 0.3) is 0 Å². The molecule has 1 aromatic carbocycles. The van der Waals surface area contributed by atoms with Crippen LogP contribution < -0.4 is 4.74 Å². The lowest BCUT2D eigenvalue weighted by atomic mass is 10.2. The van der Waals surface area contributed by atoms with Crippen LogP contribution in [0.25, 0.3) is 0 Å². The standard InChI is InChI=1S/C14H18O6S/c1-3-20-14(16)8-7-11(15)10-21(17,18)13-6-4-5-12(9-13)19-2/h4-6,9H,3,7-8,10H2,1-2H3. The van der Waals surface area contributed by atoms with Crippen LogP contribution in [0.2, 0.25) is 0 Å². The first-order valence-electron chi connectivity index (χ1n) is 6.43. The number of carbonyl (C=O) groups is 2. The van der Waals surface area contributed by atoms with Crippen LogP contribution >= 0.6 is 0 Å². The number of sulfone groups is 1. The summed E-state index contributed by atoms with van der Waals surface area (Å²) in [5.41, 5.74) is 0. The molecule has 0 radical (unpaired) electrons. The van der Waals surface area contributed by atoms with Crippen LogP contribution in [0, 0.1) is 0 Å². The second kappa shape index (κ2) is 7.78. The molecule has 0 bridgehead atoms. The molecule has 6 nitrogen and oxygen atoms in total. The molecule has 0 atom stereocenters. The highest BCUT2D eigenvalue weighted by Gasteiger charge is 2.20. The van der Waals surface area contributed by atoms with E-state index in [2.05, 4.69) is 4.74 Å². The van der Waals surface area contributed by atoms with Crippen molar-refractivity contribution in [2.24, 2.45) is 0 Å². The molecule has 1 aromatic rings. The van der Waals surface area contributed by atoms with Crippen molar-refractivity contribution >= 4 is 21.6 Å². The second-order valence-corrected chi connectivity index (χ2v) is 6.27. The van der Waals surface area contributed by atoms with Crippen LogP contribution in [-0.4, -0.2) is 39.6 Å². The molecular formula is C14H18O6S. The summed E-state index contributed by atoms with van der Waals surface area (Å²) < 4.78 is 33.8. The molecule has 1 rings (SSSR count). The fourth-order valence-electron chi connectivity index (χ4n) is 1.64. The monoisotopic (exact) mass is 314 g/mol. The number of Topliss-reactive ketones (excluding diaryl/α,β-unsaturated/α-hetero) is 1. The van der Waals surface area contributed by atoms with E-state index in [4.69, 9.17) is 4.74 Å². The number of rotatable bonds is 8. The second-order valence-electron chi connectivity index (χ2n) is 4.28. The zero-order chi connectivity index (χ0) is 15.9.